The minimum absolute atomic E-state index is 0.120. The number of hydrogen-bond acceptors (Lipinski definition) is 2. The minimum Gasteiger partial charge on any atom is -0.311 e. The standard InChI is InChI=1S/C56H45BN2/c1-2-12-38(13-3-1)58-50-22-11-23-51-54(50)57(47-31-45-41(30-52(47)58)39-14-4-6-16-42(39)56(45)33-35-25-27-37(56)29-35)46-19-8-9-20-48(46)59(51)49-21-10-18-44-53(49)40-15-5-7-17-43(40)55(44)32-34-24-26-36(55)28-34/h1-23,30-31,34-37H,24-29,32-33H2/t34-,35-,36+,37+,55+,56+/m1/s1. The van der Waals surface area contributed by atoms with Crippen LogP contribution in [0.1, 0.15) is 73.6 Å². The Morgan fingerprint density at radius 1 is 0.424 bits per heavy atom. The summed E-state index contributed by atoms with van der Waals surface area (Å²) in [5, 5.41) is 0. The monoisotopic (exact) mass is 756 g/mol. The van der Waals surface area contributed by atoms with E-state index in [0.29, 0.717) is 0 Å². The van der Waals surface area contributed by atoms with Crippen LogP contribution < -0.4 is 26.2 Å². The molecule has 15 rings (SSSR count). The summed E-state index contributed by atoms with van der Waals surface area (Å²) in [6, 6.07) is 59.5. The summed E-state index contributed by atoms with van der Waals surface area (Å²) in [4.78, 5) is 5.29. The van der Waals surface area contributed by atoms with Crippen LogP contribution in [0, 0.1) is 23.7 Å². The van der Waals surface area contributed by atoms with E-state index in [1.165, 1.54) is 124 Å². The van der Waals surface area contributed by atoms with Crippen LogP contribution >= 0.6 is 0 Å². The van der Waals surface area contributed by atoms with Crippen LogP contribution in [0.5, 0.6) is 0 Å². The van der Waals surface area contributed by atoms with E-state index in [2.05, 4.69) is 161 Å². The maximum atomic E-state index is 2.74. The van der Waals surface area contributed by atoms with E-state index < -0.39 is 0 Å². The van der Waals surface area contributed by atoms with E-state index in [1.807, 2.05) is 0 Å². The van der Waals surface area contributed by atoms with Gasteiger partial charge in [0, 0.05) is 44.8 Å². The number of fused-ring (bicyclic) bond motifs is 20. The van der Waals surface area contributed by atoms with Gasteiger partial charge < -0.3 is 9.80 Å². The van der Waals surface area contributed by atoms with Crippen molar-refractivity contribution in [3.05, 3.63) is 174 Å². The second-order valence-electron chi connectivity index (χ2n) is 19.6. The van der Waals surface area contributed by atoms with Crippen molar-refractivity contribution in [3.8, 4) is 22.3 Å². The predicted molar refractivity (Wildman–Crippen MR) is 244 cm³/mol. The van der Waals surface area contributed by atoms with Gasteiger partial charge in [-0.05, 0) is 160 Å². The van der Waals surface area contributed by atoms with Crippen molar-refractivity contribution in [2.24, 2.45) is 23.7 Å². The molecule has 3 heteroatoms. The van der Waals surface area contributed by atoms with Crippen LogP contribution in [0.15, 0.2) is 152 Å². The lowest BCUT2D eigenvalue weighted by molar-refractivity contribution is 0.327. The fourth-order valence-corrected chi connectivity index (χ4v) is 15.5. The van der Waals surface area contributed by atoms with Crippen molar-refractivity contribution in [1.82, 2.24) is 0 Å². The maximum absolute atomic E-state index is 2.74. The van der Waals surface area contributed by atoms with Crippen molar-refractivity contribution in [2.45, 2.75) is 62.2 Å². The van der Waals surface area contributed by atoms with E-state index in [1.54, 1.807) is 22.3 Å². The summed E-state index contributed by atoms with van der Waals surface area (Å²) < 4.78 is 0. The number of rotatable bonds is 2. The molecule has 59 heavy (non-hydrogen) atoms. The third kappa shape index (κ3) is 3.75. The van der Waals surface area contributed by atoms with Gasteiger partial charge in [0.25, 0.3) is 6.71 Å². The summed E-state index contributed by atoms with van der Waals surface area (Å²) in [6.07, 6.45) is 10.9. The van der Waals surface area contributed by atoms with E-state index in [-0.39, 0.29) is 17.5 Å². The molecule has 0 radical (unpaired) electrons. The molecule has 4 saturated carbocycles. The number of nitrogens with zero attached hydrogens (tertiary/aromatic N) is 2. The Morgan fingerprint density at radius 2 is 1.02 bits per heavy atom. The molecule has 0 amide bonds. The summed E-state index contributed by atoms with van der Waals surface area (Å²) in [5.41, 5.74) is 24.6. The molecular formula is C56H45BN2. The molecular weight excluding hydrogens is 711 g/mol. The Labute approximate surface area is 347 Å². The molecule has 2 aliphatic heterocycles. The molecule has 4 fully saturated rings. The van der Waals surface area contributed by atoms with Gasteiger partial charge in [-0.2, -0.15) is 0 Å². The van der Waals surface area contributed by atoms with Crippen molar-refractivity contribution in [3.63, 3.8) is 0 Å². The van der Waals surface area contributed by atoms with E-state index in [0.717, 1.165) is 23.7 Å². The van der Waals surface area contributed by atoms with Gasteiger partial charge in [0.1, 0.15) is 0 Å². The Hall–Kier alpha value is -5.80. The lowest BCUT2D eigenvalue weighted by Crippen LogP contribution is -2.61. The smallest absolute Gasteiger partial charge is 0.252 e. The molecule has 282 valence electrons. The molecule has 7 aromatic carbocycles. The first-order chi connectivity index (χ1) is 29.2. The summed E-state index contributed by atoms with van der Waals surface area (Å²) in [7, 11) is 0. The van der Waals surface area contributed by atoms with E-state index in [4.69, 9.17) is 0 Å². The van der Waals surface area contributed by atoms with Gasteiger partial charge in [-0.1, -0.05) is 122 Å². The Balaban J connectivity index is 1.01. The zero-order chi connectivity index (χ0) is 38.2. The van der Waals surface area contributed by atoms with E-state index >= 15 is 0 Å². The normalized spacial score (nSPS) is 27.5. The van der Waals surface area contributed by atoms with Gasteiger partial charge in [-0.3, -0.25) is 0 Å². The molecule has 0 N–H and O–H groups in total. The van der Waals surface area contributed by atoms with Crippen LogP contribution in [-0.4, -0.2) is 6.71 Å². The van der Waals surface area contributed by atoms with Gasteiger partial charge in [-0.25, -0.2) is 0 Å². The molecule has 2 heterocycles. The second-order valence-corrected chi connectivity index (χ2v) is 19.6. The Kier molecular flexibility index (Phi) is 6.02. The fourth-order valence-electron chi connectivity index (χ4n) is 15.5. The Morgan fingerprint density at radius 3 is 1.76 bits per heavy atom. The summed E-state index contributed by atoms with van der Waals surface area (Å²) >= 11 is 0. The van der Waals surface area contributed by atoms with E-state index in [9.17, 15) is 0 Å². The number of anilines is 6. The first-order valence-electron chi connectivity index (χ1n) is 22.6. The highest BCUT2D eigenvalue weighted by atomic mass is 15.2. The predicted octanol–water partition coefficient (Wildman–Crippen LogP) is 11.9. The second kappa shape index (κ2) is 11.1. The molecule has 7 aromatic rings. The molecule has 4 bridgehead atoms. The minimum atomic E-state index is 0.120. The largest absolute Gasteiger partial charge is 0.311 e. The molecule has 0 unspecified atom stereocenters. The average molecular weight is 757 g/mol. The lowest BCUT2D eigenvalue weighted by atomic mass is 9.33. The van der Waals surface area contributed by atoms with Crippen LogP contribution in [0.3, 0.4) is 0 Å². The number of hydrogen-bond donors (Lipinski definition) is 0. The highest BCUT2D eigenvalue weighted by Crippen LogP contribution is 2.68. The van der Waals surface area contributed by atoms with Crippen molar-refractivity contribution < 1.29 is 0 Å². The quantitative estimate of drug-likeness (QED) is 0.162. The zero-order valence-electron chi connectivity index (χ0n) is 33.4. The fraction of sp³-hybridized carbons (Fsp3) is 0.250. The molecule has 2 nitrogen and oxygen atoms in total. The average Bonchev–Trinajstić information content (AvgIpc) is 4.17. The summed E-state index contributed by atoms with van der Waals surface area (Å²) in [5.74, 6) is 3.13. The van der Waals surface area contributed by atoms with Crippen molar-refractivity contribution in [2.75, 3.05) is 9.80 Å². The highest BCUT2D eigenvalue weighted by molar-refractivity contribution is 7.00. The lowest BCUT2D eigenvalue weighted by Gasteiger charge is -2.45. The zero-order valence-corrected chi connectivity index (χ0v) is 33.4. The van der Waals surface area contributed by atoms with Crippen LogP contribution in [0.25, 0.3) is 22.3 Å². The molecule has 6 atom stereocenters. The molecule has 2 spiro atoms. The van der Waals surface area contributed by atoms with Crippen LogP contribution in [-0.2, 0) is 10.8 Å². The highest BCUT2D eigenvalue weighted by Gasteiger charge is 2.59. The van der Waals surface area contributed by atoms with Crippen molar-refractivity contribution in [1.29, 1.82) is 0 Å². The first kappa shape index (κ1) is 32.1. The molecule has 0 aromatic heterocycles. The summed E-state index contributed by atoms with van der Waals surface area (Å²) in [6.45, 7) is 0.120. The number of benzene rings is 7. The van der Waals surface area contributed by atoms with Crippen LogP contribution in [0.2, 0.25) is 0 Å². The maximum Gasteiger partial charge on any atom is 0.252 e. The molecule has 6 aliphatic carbocycles. The van der Waals surface area contributed by atoms with Crippen LogP contribution in [0.4, 0.5) is 34.1 Å². The third-order valence-electron chi connectivity index (χ3n) is 17.4. The Bertz CT molecular complexity index is 2990. The third-order valence-corrected chi connectivity index (χ3v) is 17.4. The van der Waals surface area contributed by atoms with Gasteiger partial charge in [-0.15, -0.1) is 0 Å². The molecule has 8 aliphatic rings. The first-order valence-corrected chi connectivity index (χ1v) is 22.6. The SMILES string of the molecule is c1ccc(N2c3cc4c(cc3B3c5ccccc5N(c5cccc6c5-c5ccccc5[C@@]65C[C@@H]6CC[C@H]5C6)c5cccc2c53)[C@]2(C[C@@H]3CC[C@H]2C3)c2ccccc2-4)cc1. The molecule has 0 saturated heterocycles. The van der Waals surface area contributed by atoms with Gasteiger partial charge >= 0.3 is 0 Å². The van der Waals surface area contributed by atoms with Gasteiger partial charge in [0.15, 0.2) is 0 Å². The topological polar surface area (TPSA) is 6.48 Å². The number of para-hydroxylation sites is 2. The van der Waals surface area contributed by atoms with Crippen molar-refractivity contribution >= 4 is 57.2 Å². The van der Waals surface area contributed by atoms with Gasteiger partial charge in [0.2, 0.25) is 0 Å². The van der Waals surface area contributed by atoms with Gasteiger partial charge in [0.05, 0.1) is 5.69 Å².